The second kappa shape index (κ2) is 13.6. The van der Waals surface area contributed by atoms with Crippen molar-refractivity contribution >= 4 is 45.3 Å². The van der Waals surface area contributed by atoms with Gasteiger partial charge >= 0.3 is 11.9 Å². The van der Waals surface area contributed by atoms with Crippen LogP contribution in [0.5, 0.6) is 23.0 Å². The number of thiazole rings is 1. The van der Waals surface area contributed by atoms with Gasteiger partial charge in [0.2, 0.25) is 0 Å². The average Bonchev–Trinajstić information content (AvgIpc) is 3.23. The standard InChI is InChI=1S/C31H33BrN2O8S/c1-8-39-24-13-19(12-21(32)28(24)42-18(6)35)14-25-29(36)34-27(20-10-11-22(41-16(3)4)23(15-20)38-7)26(30(37)40-9-2)17(5)33-31(34)43-25/h10-16,27H,8-9H2,1-7H3/b25-14+/t27-/m0/s1. The van der Waals surface area contributed by atoms with Crippen molar-refractivity contribution in [2.45, 2.75) is 53.7 Å². The Morgan fingerprint density at radius 1 is 1.12 bits per heavy atom. The van der Waals surface area contributed by atoms with E-state index in [9.17, 15) is 14.4 Å². The third-order valence-electron chi connectivity index (χ3n) is 6.26. The van der Waals surface area contributed by atoms with Gasteiger partial charge < -0.3 is 23.7 Å². The highest BCUT2D eigenvalue weighted by Crippen LogP contribution is 2.38. The maximum absolute atomic E-state index is 14.0. The summed E-state index contributed by atoms with van der Waals surface area (Å²) in [6, 6.07) is 7.92. The first-order valence-electron chi connectivity index (χ1n) is 13.7. The summed E-state index contributed by atoms with van der Waals surface area (Å²) in [6.45, 7) is 10.9. The number of fused-ring (bicyclic) bond motifs is 1. The molecule has 1 atom stereocenters. The van der Waals surface area contributed by atoms with E-state index >= 15 is 0 Å². The lowest BCUT2D eigenvalue weighted by Crippen LogP contribution is -2.40. The molecule has 0 N–H and O–H groups in total. The van der Waals surface area contributed by atoms with Crippen molar-refractivity contribution in [1.29, 1.82) is 0 Å². The molecule has 1 aliphatic heterocycles. The van der Waals surface area contributed by atoms with Gasteiger partial charge in [0, 0.05) is 6.92 Å². The second-order valence-corrected chi connectivity index (χ2v) is 11.6. The Morgan fingerprint density at radius 3 is 2.49 bits per heavy atom. The van der Waals surface area contributed by atoms with Gasteiger partial charge in [-0.05, 0) is 92.0 Å². The zero-order valence-corrected chi connectivity index (χ0v) is 27.4. The molecule has 0 bridgehead atoms. The highest BCUT2D eigenvalue weighted by Gasteiger charge is 2.34. The van der Waals surface area contributed by atoms with E-state index in [2.05, 4.69) is 20.9 Å². The van der Waals surface area contributed by atoms with E-state index < -0.39 is 18.0 Å². The predicted molar refractivity (Wildman–Crippen MR) is 166 cm³/mol. The van der Waals surface area contributed by atoms with Crippen LogP contribution in [0.15, 0.2) is 55.9 Å². The summed E-state index contributed by atoms with van der Waals surface area (Å²) in [6.07, 6.45) is 1.62. The molecule has 0 saturated heterocycles. The smallest absolute Gasteiger partial charge is 0.338 e. The van der Waals surface area contributed by atoms with Crippen molar-refractivity contribution in [3.05, 3.63) is 76.9 Å². The quantitative estimate of drug-likeness (QED) is 0.225. The number of rotatable bonds is 10. The Kier molecular flexibility index (Phi) is 10.1. The largest absolute Gasteiger partial charge is 0.493 e. The number of esters is 2. The van der Waals surface area contributed by atoms with Gasteiger partial charge in [-0.15, -0.1) is 0 Å². The van der Waals surface area contributed by atoms with Crippen LogP contribution in [0.3, 0.4) is 0 Å². The molecule has 4 rings (SSSR count). The molecule has 0 radical (unpaired) electrons. The molecule has 228 valence electrons. The van der Waals surface area contributed by atoms with Crippen LogP contribution in [0, 0.1) is 0 Å². The molecule has 1 aliphatic rings. The van der Waals surface area contributed by atoms with E-state index in [1.165, 1.54) is 29.9 Å². The SMILES string of the molecule is CCOC(=O)C1=C(C)N=c2s/c(=C/c3cc(Br)c(OC(C)=O)c(OCC)c3)c(=O)n2[C@H]1c1ccc(OC(C)C)c(OC)c1. The fraction of sp³-hybridized carbons (Fsp3) is 0.355. The summed E-state index contributed by atoms with van der Waals surface area (Å²) in [7, 11) is 1.53. The van der Waals surface area contributed by atoms with Crippen molar-refractivity contribution in [3.8, 4) is 23.0 Å². The van der Waals surface area contributed by atoms with Crippen LogP contribution in [-0.4, -0.2) is 42.9 Å². The molecular formula is C31H33BrN2O8S. The second-order valence-electron chi connectivity index (χ2n) is 9.74. The van der Waals surface area contributed by atoms with Gasteiger partial charge in [-0.25, -0.2) is 9.79 Å². The molecule has 2 heterocycles. The zero-order chi connectivity index (χ0) is 31.4. The first-order chi connectivity index (χ1) is 20.5. The molecule has 0 unspecified atom stereocenters. The van der Waals surface area contributed by atoms with Crippen molar-refractivity contribution in [2.24, 2.45) is 4.99 Å². The molecule has 43 heavy (non-hydrogen) atoms. The minimum atomic E-state index is -0.823. The number of halogens is 1. The van der Waals surface area contributed by atoms with Gasteiger partial charge in [0.05, 0.1) is 52.7 Å². The van der Waals surface area contributed by atoms with Gasteiger partial charge in [0.25, 0.3) is 5.56 Å². The summed E-state index contributed by atoms with van der Waals surface area (Å²) >= 11 is 4.64. The number of ether oxygens (including phenoxy) is 5. The Labute approximate surface area is 261 Å². The van der Waals surface area contributed by atoms with Crippen LogP contribution >= 0.6 is 27.3 Å². The number of nitrogens with zero attached hydrogens (tertiary/aromatic N) is 2. The first-order valence-corrected chi connectivity index (χ1v) is 15.3. The summed E-state index contributed by atoms with van der Waals surface area (Å²) < 4.78 is 30.3. The van der Waals surface area contributed by atoms with E-state index in [0.29, 0.717) is 54.5 Å². The lowest BCUT2D eigenvalue weighted by molar-refractivity contribution is -0.139. The van der Waals surface area contributed by atoms with Crippen LogP contribution in [0.25, 0.3) is 6.08 Å². The number of methoxy groups -OCH3 is 1. The molecule has 0 saturated carbocycles. The van der Waals surface area contributed by atoms with Gasteiger partial charge in [0.15, 0.2) is 27.8 Å². The van der Waals surface area contributed by atoms with E-state index in [4.69, 9.17) is 23.7 Å². The Balaban J connectivity index is 1.93. The third kappa shape index (κ3) is 6.86. The topological polar surface area (TPSA) is 115 Å². The third-order valence-corrected chi connectivity index (χ3v) is 7.83. The van der Waals surface area contributed by atoms with Crippen LogP contribution in [0.1, 0.15) is 58.7 Å². The zero-order valence-electron chi connectivity index (χ0n) is 25.0. The number of carbonyl (C=O) groups excluding carboxylic acids is 2. The highest BCUT2D eigenvalue weighted by molar-refractivity contribution is 9.10. The molecule has 2 aromatic carbocycles. The molecule has 1 aromatic heterocycles. The maximum atomic E-state index is 14.0. The highest BCUT2D eigenvalue weighted by atomic mass is 79.9. The average molecular weight is 674 g/mol. The summed E-state index contributed by atoms with van der Waals surface area (Å²) in [5.74, 6) is 0.556. The van der Waals surface area contributed by atoms with Crippen LogP contribution in [0.4, 0.5) is 0 Å². The van der Waals surface area contributed by atoms with E-state index in [1.807, 2.05) is 20.8 Å². The van der Waals surface area contributed by atoms with Crippen LogP contribution in [0.2, 0.25) is 0 Å². The maximum Gasteiger partial charge on any atom is 0.338 e. The monoisotopic (exact) mass is 672 g/mol. The molecule has 12 heteroatoms. The van der Waals surface area contributed by atoms with Gasteiger partial charge in [-0.3, -0.25) is 14.2 Å². The number of carbonyl (C=O) groups is 2. The van der Waals surface area contributed by atoms with Crippen LogP contribution < -0.4 is 33.8 Å². The number of hydrogen-bond donors (Lipinski definition) is 0. The normalized spacial score (nSPS) is 14.7. The molecule has 0 amide bonds. The van der Waals surface area contributed by atoms with E-state index in [1.54, 1.807) is 50.3 Å². The summed E-state index contributed by atoms with van der Waals surface area (Å²) in [5, 5.41) is 0. The van der Waals surface area contributed by atoms with E-state index in [0.717, 1.165) is 0 Å². The lowest BCUT2D eigenvalue weighted by Gasteiger charge is -2.25. The Hall–Kier alpha value is -3.90. The molecule has 0 spiro atoms. The van der Waals surface area contributed by atoms with E-state index in [-0.39, 0.29) is 29.6 Å². The predicted octanol–water partition coefficient (Wildman–Crippen LogP) is 4.68. The summed E-state index contributed by atoms with van der Waals surface area (Å²) in [4.78, 5) is 44.0. The van der Waals surface area contributed by atoms with Crippen molar-refractivity contribution in [3.63, 3.8) is 0 Å². The molecular weight excluding hydrogens is 640 g/mol. The molecule has 3 aromatic rings. The Bertz CT molecular complexity index is 1770. The minimum Gasteiger partial charge on any atom is -0.493 e. The molecule has 0 fully saturated rings. The number of hydrogen-bond acceptors (Lipinski definition) is 10. The van der Waals surface area contributed by atoms with Gasteiger partial charge in [-0.2, -0.15) is 0 Å². The minimum absolute atomic E-state index is 0.0824. The van der Waals surface area contributed by atoms with Gasteiger partial charge in [-0.1, -0.05) is 17.4 Å². The number of benzene rings is 2. The van der Waals surface area contributed by atoms with Crippen LogP contribution in [-0.2, 0) is 14.3 Å². The van der Waals surface area contributed by atoms with Gasteiger partial charge in [0.1, 0.15) is 0 Å². The summed E-state index contributed by atoms with van der Waals surface area (Å²) in [5.41, 5.74) is 1.62. The van der Waals surface area contributed by atoms with Crippen molar-refractivity contribution < 1.29 is 33.3 Å². The number of allylic oxidation sites excluding steroid dienone is 1. The lowest BCUT2D eigenvalue weighted by atomic mass is 9.95. The number of aromatic nitrogens is 1. The molecule has 10 nitrogen and oxygen atoms in total. The Morgan fingerprint density at radius 2 is 1.86 bits per heavy atom. The fourth-order valence-electron chi connectivity index (χ4n) is 4.64. The van der Waals surface area contributed by atoms with Crippen molar-refractivity contribution in [2.75, 3.05) is 20.3 Å². The van der Waals surface area contributed by atoms with Crippen molar-refractivity contribution in [1.82, 2.24) is 4.57 Å². The first kappa shape index (κ1) is 32.0. The fourth-order valence-corrected chi connectivity index (χ4v) is 6.23. The molecule has 0 aliphatic carbocycles.